The number of nitrogens with one attached hydrogen (secondary N) is 1. The molecule has 1 aromatic rings. The average Bonchev–Trinajstić information content (AvgIpc) is 2.48. The molecule has 0 aliphatic heterocycles. The number of halogens is 1. The zero-order valence-electron chi connectivity index (χ0n) is 8.08. The summed E-state index contributed by atoms with van der Waals surface area (Å²) < 4.78 is 0. The van der Waals surface area contributed by atoms with Crippen molar-refractivity contribution in [3.8, 4) is 0 Å². The van der Waals surface area contributed by atoms with Crippen LogP contribution in [0, 0.1) is 0 Å². The molecule has 0 aliphatic rings. The van der Waals surface area contributed by atoms with Gasteiger partial charge in [-0.3, -0.25) is 0 Å². The first-order valence-electron chi connectivity index (χ1n) is 4.10. The van der Waals surface area contributed by atoms with Crippen molar-refractivity contribution in [1.82, 2.24) is 4.98 Å². The van der Waals surface area contributed by atoms with E-state index in [1.165, 1.54) is 11.3 Å². The standard InChI is InChI=1S/C8H13ClN2OS2/c1-8(12,5-13-2)4-10-7-11-6(9)3-14-7/h3,12H,4-5H2,1-2H3,(H,10,11). The predicted molar refractivity (Wildman–Crippen MR) is 64.6 cm³/mol. The van der Waals surface area contributed by atoms with Gasteiger partial charge in [-0.15, -0.1) is 11.3 Å². The summed E-state index contributed by atoms with van der Waals surface area (Å²) >= 11 is 8.72. The topological polar surface area (TPSA) is 45.1 Å². The van der Waals surface area contributed by atoms with E-state index in [0.717, 1.165) is 5.13 Å². The Bertz CT molecular complexity index is 291. The van der Waals surface area contributed by atoms with E-state index in [9.17, 15) is 5.11 Å². The molecular weight excluding hydrogens is 240 g/mol. The van der Waals surface area contributed by atoms with Gasteiger partial charge in [-0.25, -0.2) is 4.98 Å². The number of thioether (sulfide) groups is 1. The van der Waals surface area contributed by atoms with Crippen LogP contribution in [0.25, 0.3) is 0 Å². The van der Waals surface area contributed by atoms with Gasteiger partial charge < -0.3 is 10.4 Å². The summed E-state index contributed by atoms with van der Waals surface area (Å²) in [5.41, 5.74) is -0.711. The van der Waals surface area contributed by atoms with Gasteiger partial charge in [-0.05, 0) is 13.2 Å². The van der Waals surface area contributed by atoms with E-state index in [1.807, 2.05) is 6.26 Å². The molecule has 6 heteroatoms. The van der Waals surface area contributed by atoms with Crippen LogP contribution in [0.2, 0.25) is 5.15 Å². The maximum atomic E-state index is 9.84. The number of hydrogen-bond donors (Lipinski definition) is 2. The molecule has 2 N–H and O–H groups in total. The fourth-order valence-corrected chi connectivity index (χ4v) is 2.52. The maximum Gasteiger partial charge on any atom is 0.184 e. The molecule has 0 bridgehead atoms. The largest absolute Gasteiger partial charge is 0.387 e. The Kier molecular flexibility index (Phi) is 4.50. The normalized spacial score (nSPS) is 15.1. The molecule has 3 nitrogen and oxygen atoms in total. The van der Waals surface area contributed by atoms with E-state index in [4.69, 9.17) is 11.6 Å². The summed E-state index contributed by atoms with van der Waals surface area (Å²) in [4.78, 5) is 4.03. The van der Waals surface area contributed by atoms with Crippen LogP contribution < -0.4 is 5.32 Å². The molecule has 1 aromatic heterocycles. The van der Waals surface area contributed by atoms with Gasteiger partial charge >= 0.3 is 0 Å². The molecule has 0 fully saturated rings. The second-order valence-corrected chi connectivity index (χ2v) is 5.37. The van der Waals surface area contributed by atoms with Crippen LogP contribution in [0.4, 0.5) is 5.13 Å². The Morgan fingerprint density at radius 3 is 3.00 bits per heavy atom. The monoisotopic (exact) mass is 252 g/mol. The van der Waals surface area contributed by atoms with Crippen LogP contribution >= 0.6 is 34.7 Å². The number of aromatic nitrogens is 1. The van der Waals surface area contributed by atoms with Crippen LogP contribution in [0.1, 0.15) is 6.92 Å². The Labute approximate surface area is 96.9 Å². The predicted octanol–water partition coefficient (Wildman–Crippen LogP) is 2.32. The van der Waals surface area contributed by atoms with Crippen molar-refractivity contribution >= 4 is 39.8 Å². The van der Waals surface area contributed by atoms with Crippen LogP contribution in [-0.4, -0.2) is 34.2 Å². The summed E-state index contributed by atoms with van der Waals surface area (Å²) in [6.45, 7) is 2.28. The van der Waals surface area contributed by atoms with Gasteiger partial charge in [0.15, 0.2) is 5.13 Å². The minimum atomic E-state index is -0.711. The van der Waals surface area contributed by atoms with E-state index in [0.29, 0.717) is 17.5 Å². The third kappa shape index (κ3) is 4.04. The molecule has 0 aromatic carbocycles. The van der Waals surface area contributed by atoms with Crippen molar-refractivity contribution in [2.45, 2.75) is 12.5 Å². The molecule has 0 radical (unpaired) electrons. The third-order valence-electron chi connectivity index (χ3n) is 1.55. The first-order chi connectivity index (χ1) is 6.53. The number of thiazole rings is 1. The maximum absolute atomic E-state index is 9.84. The van der Waals surface area contributed by atoms with Crippen molar-refractivity contribution < 1.29 is 5.11 Å². The highest BCUT2D eigenvalue weighted by Crippen LogP contribution is 2.20. The number of hydrogen-bond acceptors (Lipinski definition) is 5. The Hall–Kier alpha value is 0.0300. The SMILES string of the molecule is CSCC(C)(O)CNc1nc(Cl)cs1. The quantitative estimate of drug-likeness (QED) is 0.844. The van der Waals surface area contributed by atoms with Crippen molar-refractivity contribution in [2.24, 2.45) is 0 Å². The van der Waals surface area contributed by atoms with Crippen molar-refractivity contribution in [3.05, 3.63) is 10.5 Å². The van der Waals surface area contributed by atoms with E-state index in [1.54, 1.807) is 24.1 Å². The van der Waals surface area contributed by atoms with E-state index in [2.05, 4.69) is 10.3 Å². The molecule has 80 valence electrons. The van der Waals surface area contributed by atoms with Crippen molar-refractivity contribution in [2.75, 3.05) is 23.9 Å². The Morgan fingerprint density at radius 2 is 2.50 bits per heavy atom. The second-order valence-electron chi connectivity index (χ2n) is 3.26. The third-order valence-corrected chi connectivity index (χ3v) is 3.59. The summed E-state index contributed by atoms with van der Waals surface area (Å²) in [6, 6.07) is 0. The lowest BCUT2D eigenvalue weighted by atomic mass is 10.1. The van der Waals surface area contributed by atoms with Crippen LogP contribution in [-0.2, 0) is 0 Å². The van der Waals surface area contributed by atoms with Crippen molar-refractivity contribution in [3.63, 3.8) is 0 Å². The van der Waals surface area contributed by atoms with Crippen molar-refractivity contribution in [1.29, 1.82) is 0 Å². The van der Waals surface area contributed by atoms with E-state index >= 15 is 0 Å². The van der Waals surface area contributed by atoms with Crippen LogP contribution in [0.3, 0.4) is 0 Å². The van der Waals surface area contributed by atoms with Crippen LogP contribution in [0.15, 0.2) is 5.38 Å². The fraction of sp³-hybridized carbons (Fsp3) is 0.625. The molecule has 0 saturated heterocycles. The molecule has 0 amide bonds. The number of rotatable bonds is 5. The number of nitrogens with zero attached hydrogens (tertiary/aromatic N) is 1. The van der Waals surface area contributed by atoms with E-state index in [-0.39, 0.29) is 0 Å². The van der Waals surface area contributed by atoms with E-state index < -0.39 is 5.60 Å². The highest BCUT2D eigenvalue weighted by atomic mass is 35.5. The zero-order chi connectivity index (χ0) is 10.6. The van der Waals surface area contributed by atoms with Crippen LogP contribution in [0.5, 0.6) is 0 Å². The van der Waals surface area contributed by atoms with Gasteiger partial charge in [0.05, 0.1) is 5.60 Å². The molecule has 0 aliphatic carbocycles. The highest BCUT2D eigenvalue weighted by molar-refractivity contribution is 7.98. The lowest BCUT2D eigenvalue weighted by molar-refractivity contribution is 0.0997. The summed E-state index contributed by atoms with van der Waals surface area (Å²) in [5, 5.41) is 15.9. The average molecular weight is 253 g/mol. The minimum Gasteiger partial charge on any atom is -0.387 e. The number of aliphatic hydroxyl groups is 1. The highest BCUT2D eigenvalue weighted by Gasteiger charge is 2.19. The van der Waals surface area contributed by atoms with Gasteiger partial charge in [0.25, 0.3) is 0 Å². The molecule has 0 spiro atoms. The summed E-state index contributed by atoms with van der Waals surface area (Å²) in [5.74, 6) is 0.694. The van der Waals surface area contributed by atoms with Gasteiger partial charge in [0.1, 0.15) is 5.15 Å². The summed E-state index contributed by atoms with van der Waals surface area (Å²) in [7, 11) is 0. The fourth-order valence-electron chi connectivity index (χ4n) is 0.963. The smallest absolute Gasteiger partial charge is 0.184 e. The molecule has 1 heterocycles. The molecule has 14 heavy (non-hydrogen) atoms. The zero-order valence-corrected chi connectivity index (χ0v) is 10.5. The van der Waals surface area contributed by atoms with Gasteiger partial charge in [0, 0.05) is 17.7 Å². The molecule has 1 unspecified atom stereocenters. The van der Waals surface area contributed by atoms with Gasteiger partial charge in [-0.2, -0.15) is 11.8 Å². The molecule has 0 saturated carbocycles. The minimum absolute atomic E-state index is 0.484. The second kappa shape index (κ2) is 5.21. The van der Waals surface area contributed by atoms with Gasteiger partial charge in [-0.1, -0.05) is 11.6 Å². The molecule has 1 atom stereocenters. The lowest BCUT2D eigenvalue weighted by Crippen LogP contribution is -2.36. The molecule has 1 rings (SSSR count). The van der Waals surface area contributed by atoms with Gasteiger partial charge in [0.2, 0.25) is 0 Å². The number of anilines is 1. The first kappa shape index (κ1) is 12.1. The molecular formula is C8H13ClN2OS2. The first-order valence-corrected chi connectivity index (χ1v) is 6.75. The Morgan fingerprint density at radius 1 is 1.79 bits per heavy atom. The lowest BCUT2D eigenvalue weighted by Gasteiger charge is -2.22. The summed E-state index contributed by atoms with van der Waals surface area (Å²) in [6.07, 6.45) is 1.97. The Balaban J connectivity index is 2.40.